The normalized spacial score (nSPS) is 20.9. The molecule has 0 spiro atoms. The fourth-order valence-electron chi connectivity index (χ4n) is 2.43. The molecule has 1 atom stereocenters. The molecule has 100 valence electrons. The highest BCUT2D eigenvalue weighted by atomic mass is 79.9. The zero-order valence-corrected chi connectivity index (χ0v) is 12.9. The van der Waals surface area contributed by atoms with E-state index in [1.54, 1.807) is 12.1 Å². The number of hydrogen-bond acceptors (Lipinski definition) is 3. The van der Waals surface area contributed by atoms with Crippen molar-refractivity contribution in [2.45, 2.75) is 36.6 Å². The molecular weight excluding hydrogens is 314 g/mol. The van der Waals surface area contributed by atoms with Gasteiger partial charge in [-0.15, -0.1) is 0 Å². The molecule has 1 saturated heterocycles. The van der Waals surface area contributed by atoms with E-state index in [4.69, 9.17) is 0 Å². The van der Waals surface area contributed by atoms with Gasteiger partial charge in [-0.25, -0.2) is 8.42 Å². The average Bonchev–Trinajstić information content (AvgIpc) is 2.28. The smallest absolute Gasteiger partial charge is 0.175 e. The first-order chi connectivity index (χ1) is 8.47. The van der Waals surface area contributed by atoms with Gasteiger partial charge in [0.05, 0.1) is 4.90 Å². The highest BCUT2D eigenvalue weighted by molar-refractivity contribution is 9.10. The molecule has 1 N–H and O–H groups in total. The molecular formula is C13H18BrNO2S. The summed E-state index contributed by atoms with van der Waals surface area (Å²) in [4.78, 5) is 0.457. The van der Waals surface area contributed by atoms with Crippen LogP contribution in [0.4, 0.5) is 0 Å². The van der Waals surface area contributed by atoms with E-state index in [1.165, 1.54) is 19.1 Å². The number of hydrogen-bond donors (Lipinski definition) is 1. The van der Waals surface area contributed by atoms with Crippen molar-refractivity contribution in [3.8, 4) is 0 Å². The Hall–Kier alpha value is -0.390. The molecule has 0 bridgehead atoms. The first-order valence-electron chi connectivity index (χ1n) is 6.19. The van der Waals surface area contributed by atoms with E-state index in [0.717, 1.165) is 29.4 Å². The van der Waals surface area contributed by atoms with Crippen LogP contribution in [0.5, 0.6) is 0 Å². The van der Waals surface area contributed by atoms with Crippen molar-refractivity contribution in [3.05, 3.63) is 28.2 Å². The lowest BCUT2D eigenvalue weighted by Crippen LogP contribution is -2.35. The topological polar surface area (TPSA) is 46.2 Å². The lowest BCUT2D eigenvalue weighted by atomic mass is 9.98. The van der Waals surface area contributed by atoms with Gasteiger partial charge < -0.3 is 5.32 Å². The summed E-state index contributed by atoms with van der Waals surface area (Å²) in [6, 6.07) is 5.80. The molecule has 0 aliphatic carbocycles. The van der Waals surface area contributed by atoms with Gasteiger partial charge in [-0.1, -0.05) is 22.4 Å². The highest BCUT2D eigenvalue weighted by Crippen LogP contribution is 2.23. The highest BCUT2D eigenvalue weighted by Gasteiger charge is 2.18. The molecule has 1 aromatic carbocycles. The molecule has 0 aromatic heterocycles. The Morgan fingerprint density at radius 1 is 1.39 bits per heavy atom. The lowest BCUT2D eigenvalue weighted by Gasteiger charge is -2.24. The minimum absolute atomic E-state index is 0.397. The number of rotatable bonds is 3. The van der Waals surface area contributed by atoms with Crippen LogP contribution in [-0.4, -0.2) is 27.3 Å². The second kappa shape index (κ2) is 5.72. The van der Waals surface area contributed by atoms with Crippen molar-refractivity contribution >= 4 is 25.8 Å². The van der Waals surface area contributed by atoms with Crippen molar-refractivity contribution < 1.29 is 8.42 Å². The third-order valence-corrected chi connectivity index (χ3v) is 4.99. The van der Waals surface area contributed by atoms with Crippen molar-refractivity contribution in [3.63, 3.8) is 0 Å². The van der Waals surface area contributed by atoms with Gasteiger partial charge in [-0.05, 0) is 49.6 Å². The minimum atomic E-state index is -3.15. The number of nitrogens with one attached hydrogen (secondary N) is 1. The van der Waals surface area contributed by atoms with Gasteiger partial charge in [0.1, 0.15) is 0 Å². The first-order valence-corrected chi connectivity index (χ1v) is 8.87. The van der Waals surface area contributed by atoms with Crippen LogP contribution in [0.3, 0.4) is 0 Å². The third-order valence-electron chi connectivity index (χ3n) is 3.30. The zero-order chi connectivity index (χ0) is 13.2. The van der Waals surface area contributed by atoms with E-state index in [2.05, 4.69) is 21.2 Å². The number of halogens is 1. The van der Waals surface area contributed by atoms with Crippen molar-refractivity contribution in [2.24, 2.45) is 0 Å². The molecule has 0 amide bonds. The molecule has 2 rings (SSSR count). The Morgan fingerprint density at radius 2 is 2.17 bits per heavy atom. The van der Waals surface area contributed by atoms with E-state index in [-0.39, 0.29) is 0 Å². The zero-order valence-electron chi connectivity index (χ0n) is 10.4. The summed E-state index contributed by atoms with van der Waals surface area (Å²) in [5, 5.41) is 3.46. The molecule has 1 aromatic rings. The SMILES string of the molecule is CS(=O)(=O)c1ccc(Br)cc1CC1CCCCN1. The van der Waals surface area contributed by atoms with E-state index in [1.807, 2.05) is 6.07 Å². The van der Waals surface area contributed by atoms with Crippen molar-refractivity contribution in [2.75, 3.05) is 12.8 Å². The Kier molecular flexibility index (Phi) is 4.45. The molecule has 1 unspecified atom stereocenters. The van der Waals surface area contributed by atoms with E-state index < -0.39 is 9.84 Å². The van der Waals surface area contributed by atoms with E-state index in [0.29, 0.717) is 10.9 Å². The van der Waals surface area contributed by atoms with Gasteiger partial charge in [-0.2, -0.15) is 0 Å². The fraction of sp³-hybridized carbons (Fsp3) is 0.538. The van der Waals surface area contributed by atoms with Crippen LogP contribution in [0.15, 0.2) is 27.6 Å². The Balaban J connectivity index is 2.27. The van der Waals surface area contributed by atoms with Crippen LogP contribution >= 0.6 is 15.9 Å². The van der Waals surface area contributed by atoms with Crippen LogP contribution in [0.2, 0.25) is 0 Å². The fourth-order valence-corrected chi connectivity index (χ4v) is 3.78. The maximum absolute atomic E-state index is 11.8. The maximum atomic E-state index is 11.8. The maximum Gasteiger partial charge on any atom is 0.175 e. The summed E-state index contributed by atoms with van der Waals surface area (Å²) in [5.41, 5.74) is 0.909. The summed E-state index contributed by atoms with van der Waals surface area (Å²) < 4.78 is 24.5. The van der Waals surface area contributed by atoms with Crippen molar-refractivity contribution in [1.82, 2.24) is 5.32 Å². The van der Waals surface area contributed by atoms with Crippen LogP contribution in [0, 0.1) is 0 Å². The molecule has 1 aliphatic rings. The van der Waals surface area contributed by atoms with E-state index >= 15 is 0 Å². The predicted molar refractivity (Wildman–Crippen MR) is 76.6 cm³/mol. The summed E-state index contributed by atoms with van der Waals surface area (Å²) in [7, 11) is -3.15. The third kappa shape index (κ3) is 3.56. The van der Waals surface area contributed by atoms with Crippen molar-refractivity contribution in [1.29, 1.82) is 0 Å². The molecule has 18 heavy (non-hydrogen) atoms. The molecule has 1 aliphatic heterocycles. The number of sulfone groups is 1. The molecule has 0 saturated carbocycles. The summed E-state index contributed by atoms with van der Waals surface area (Å²) >= 11 is 3.41. The first kappa shape index (κ1) is 14.0. The van der Waals surface area contributed by atoms with Gasteiger partial charge in [0.25, 0.3) is 0 Å². The summed E-state index contributed by atoms with van der Waals surface area (Å²) in [5.74, 6) is 0. The average molecular weight is 332 g/mol. The Bertz CT molecular complexity index is 522. The monoisotopic (exact) mass is 331 g/mol. The molecule has 1 heterocycles. The van der Waals surface area contributed by atoms with Gasteiger partial charge in [0.15, 0.2) is 9.84 Å². The van der Waals surface area contributed by atoms with Gasteiger partial charge in [0, 0.05) is 16.8 Å². The lowest BCUT2D eigenvalue weighted by molar-refractivity contribution is 0.398. The Morgan fingerprint density at radius 3 is 2.78 bits per heavy atom. The van der Waals surface area contributed by atoms with Crippen LogP contribution in [0.1, 0.15) is 24.8 Å². The second-order valence-corrected chi connectivity index (χ2v) is 7.77. The minimum Gasteiger partial charge on any atom is -0.314 e. The standard InChI is InChI=1S/C13H18BrNO2S/c1-18(16,17)13-6-5-11(14)8-10(13)9-12-4-2-3-7-15-12/h5-6,8,12,15H,2-4,7,9H2,1H3. The number of benzene rings is 1. The van der Waals surface area contributed by atoms with Crippen LogP contribution < -0.4 is 5.32 Å². The molecule has 5 heteroatoms. The Labute approximate surface area is 117 Å². The van der Waals surface area contributed by atoms with Crippen LogP contribution in [-0.2, 0) is 16.3 Å². The van der Waals surface area contributed by atoms with Crippen LogP contribution in [0.25, 0.3) is 0 Å². The number of piperidine rings is 1. The second-order valence-electron chi connectivity index (χ2n) is 4.88. The summed E-state index contributed by atoms with van der Waals surface area (Å²) in [6.07, 6.45) is 5.61. The van der Waals surface area contributed by atoms with Gasteiger partial charge in [0.2, 0.25) is 0 Å². The van der Waals surface area contributed by atoms with Gasteiger partial charge >= 0.3 is 0 Å². The predicted octanol–water partition coefficient (Wildman–Crippen LogP) is 2.54. The van der Waals surface area contributed by atoms with E-state index in [9.17, 15) is 8.42 Å². The summed E-state index contributed by atoms with van der Waals surface area (Å²) in [6.45, 7) is 1.03. The largest absolute Gasteiger partial charge is 0.314 e. The molecule has 3 nitrogen and oxygen atoms in total. The quantitative estimate of drug-likeness (QED) is 0.925. The van der Waals surface area contributed by atoms with Gasteiger partial charge in [-0.3, -0.25) is 0 Å². The molecule has 0 radical (unpaired) electrons. The molecule has 1 fully saturated rings.